The van der Waals surface area contributed by atoms with E-state index in [1.165, 1.54) is 123 Å². The summed E-state index contributed by atoms with van der Waals surface area (Å²) in [5.74, 6) is 1.45. The van der Waals surface area contributed by atoms with Crippen molar-refractivity contribution in [2.24, 2.45) is 38.6 Å². The molecule has 4 aliphatic carbocycles. The van der Waals surface area contributed by atoms with Gasteiger partial charge < -0.3 is 14.6 Å². The van der Waals surface area contributed by atoms with Gasteiger partial charge in [0.1, 0.15) is 10.3 Å². The van der Waals surface area contributed by atoms with Gasteiger partial charge in [0.05, 0.1) is 24.3 Å². The smallest absolute Gasteiger partial charge is 0.338 e. The highest BCUT2D eigenvalue weighted by molar-refractivity contribution is 7.90. The molecule has 2 atom stereocenters. The Labute approximate surface area is 497 Å². The van der Waals surface area contributed by atoms with Crippen molar-refractivity contribution in [1.82, 2.24) is 53.8 Å². The zero-order valence-corrected chi connectivity index (χ0v) is 51.6. The number of halogens is 2. The number of carboxylic acid groups (broad SMARTS) is 1. The van der Waals surface area contributed by atoms with E-state index in [0.29, 0.717) is 64.8 Å². The molecule has 10 rings (SSSR count). The van der Waals surface area contributed by atoms with Gasteiger partial charge in [-0.3, -0.25) is 14.2 Å². The fraction of sp³-hybridized carbons (Fsp3) is 0.586. The summed E-state index contributed by atoms with van der Waals surface area (Å²) in [7, 11) is -7.86. The largest absolute Gasteiger partial charge is 0.478 e. The number of aromatic carboxylic acids is 1. The third-order valence-corrected chi connectivity index (χ3v) is 19.1. The summed E-state index contributed by atoms with van der Waals surface area (Å²) in [6.45, 7) is 16.5. The van der Waals surface area contributed by atoms with Crippen LogP contribution < -0.4 is 19.3 Å². The number of unbranched alkanes of at least 4 members (excludes halogenated alkanes) is 2. The van der Waals surface area contributed by atoms with E-state index in [0.717, 1.165) is 50.5 Å². The second kappa shape index (κ2) is 26.6. The molecule has 4 fully saturated rings. The zero-order chi connectivity index (χ0) is 59.8. The molecule has 4 aliphatic rings. The Hall–Kier alpha value is -5.88. The third-order valence-electron chi connectivity index (χ3n) is 16.5. The highest BCUT2D eigenvalue weighted by Crippen LogP contribution is 2.49. The van der Waals surface area contributed by atoms with Gasteiger partial charge in [0.2, 0.25) is 11.8 Å². The van der Waals surface area contributed by atoms with Crippen molar-refractivity contribution in [3.63, 3.8) is 0 Å². The number of hydrogen-bond acceptors (Lipinski definition) is 14. The molecule has 6 heterocycles. The van der Waals surface area contributed by atoms with Gasteiger partial charge in [-0.15, -0.1) is 10.2 Å². The summed E-state index contributed by atoms with van der Waals surface area (Å²) >= 11 is 12.1. The summed E-state index contributed by atoms with van der Waals surface area (Å²) in [4.78, 5) is 32.0. The molecular formula is C58H80Cl2N12O9S2. The van der Waals surface area contributed by atoms with Gasteiger partial charge in [-0.25, -0.2) is 42.4 Å². The Balaban J connectivity index is 0.000000180. The fourth-order valence-corrected chi connectivity index (χ4v) is 12.6. The molecule has 4 saturated carbocycles. The zero-order valence-electron chi connectivity index (χ0n) is 48.5. The minimum Gasteiger partial charge on any atom is -0.478 e. The lowest BCUT2D eigenvalue weighted by Gasteiger charge is -2.17. The number of carboxylic acids is 1. The Kier molecular flexibility index (Phi) is 20.2. The van der Waals surface area contributed by atoms with Crippen LogP contribution in [-0.4, -0.2) is 96.1 Å². The first-order valence-electron chi connectivity index (χ1n) is 28.8. The van der Waals surface area contributed by atoms with E-state index < -0.39 is 31.9 Å². The van der Waals surface area contributed by atoms with E-state index in [-0.39, 0.29) is 31.5 Å². The molecule has 6 aromatic heterocycles. The second-order valence-electron chi connectivity index (χ2n) is 25.2. The molecule has 1 amide bonds. The molecule has 452 valence electrons. The molecule has 25 heteroatoms. The number of amides is 1. The normalized spacial score (nSPS) is 19.0. The van der Waals surface area contributed by atoms with Crippen LogP contribution in [0.4, 0.5) is 0 Å². The van der Waals surface area contributed by atoms with Crippen molar-refractivity contribution in [1.29, 1.82) is 0 Å². The van der Waals surface area contributed by atoms with Crippen LogP contribution in [0.3, 0.4) is 0 Å². The number of carbonyl (C=O) groups is 2. The number of sulfonamides is 2. The Bertz CT molecular complexity index is 3420. The summed E-state index contributed by atoms with van der Waals surface area (Å²) < 4.78 is 67.6. The standard InChI is InChI=1S/C29H39ClN6O4S.C15H16ClN3O3.C14H25N3O2S/c1-28(2)12-9-21(20-28)6-4-5-16-35-17-11-25(33-35)41(38,39)34-27(37)22-7-8-23(31-26(22)30)36-18-10-24(32-36)40-19-15-29(3)13-14-29;1-15(5-6-15)7-9-22-12-4-8-19(18-12)11-3-2-10(14(20)21)13(16)17-11;1-14(2)8-6-12(11-14)5-3-4-9-17-10-7-13(16-17)20(15,18)19/h7-8,10-11,17-18,21H,4-6,9,12-16,19-20H2,1-3H3,(H,34,37);2-4,8H,5-7,9H2,1H3,(H,20,21);7,10,12H,3-6,8-9,11H2,1-2H3,(H2,15,18,19). The lowest BCUT2D eigenvalue weighted by atomic mass is 9.89. The first-order chi connectivity index (χ1) is 39.1. The van der Waals surface area contributed by atoms with Crippen LogP contribution in [-0.2, 0) is 33.1 Å². The fourth-order valence-electron chi connectivity index (χ4n) is 10.7. The van der Waals surface area contributed by atoms with Crippen molar-refractivity contribution in [2.75, 3.05) is 13.2 Å². The highest BCUT2D eigenvalue weighted by atomic mass is 35.5. The lowest BCUT2D eigenvalue weighted by Crippen LogP contribution is -2.31. The topological polar surface area (TPSA) is 276 Å². The molecule has 0 spiro atoms. The molecule has 21 nitrogen and oxygen atoms in total. The number of pyridine rings is 2. The number of carbonyl (C=O) groups excluding carboxylic acids is 1. The maximum absolute atomic E-state index is 12.8. The Morgan fingerprint density at radius 2 is 1.06 bits per heavy atom. The van der Waals surface area contributed by atoms with E-state index >= 15 is 0 Å². The van der Waals surface area contributed by atoms with Gasteiger partial charge in [0.15, 0.2) is 21.7 Å². The van der Waals surface area contributed by atoms with Crippen LogP contribution in [0, 0.1) is 33.5 Å². The number of nitrogens with one attached hydrogen (secondary N) is 1. The number of nitrogens with zero attached hydrogens (tertiary/aromatic N) is 10. The van der Waals surface area contributed by atoms with Crippen molar-refractivity contribution in [3.05, 3.63) is 94.8 Å². The number of hydrogen-bond donors (Lipinski definition) is 3. The SMILES string of the molecule is CC1(C)CCC(CCCCn2ccc(S(=O)(=O)NC(=O)c3ccc(-n4ccc(OCCC5(C)CC5)n4)nc3Cl)n2)C1.CC1(C)CCC(CCCCn2ccc(S(N)(=O)=O)n2)C1.CC1(CCOc2ccn(-c3ccc(C(=O)O)c(Cl)n3)n2)CC1. The van der Waals surface area contributed by atoms with Gasteiger partial charge in [0.25, 0.3) is 26.0 Å². The van der Waals surface area contributed by atoms with Crippen molar-refractivity contribution >= 4 is 55.1 Å². The van der Waals surface area contributed by atoms with Gasteiger partial charge in [-0.05, 0) is 160 Å². The van der Waals surface area contributed by atoms with E-state index in [9.17, 15) is 26.4 Å². The predicted molar refractivity (Wildman–Crippen MR) is 315 cm³/mol. The summed E-state index contributed by atoms with van der Waals surface area (Å²) in [5.41, 5.74) is 1.71. The van der Waals surface area contributed by atoms with Crippen LogP contribution in [0.5, 0.6) is 11.8 Å². The van der Waals surface area contributed by atoms with Crippen LogP contribution >= 0.6 is 23.2 Å². The Morgan fingerprint density at radius 3 is 1.46 bits per heavy atom. The van der Waals surface area contributed by atoms with Crippen LogP contribution in [0.2, 0.25) is 10.3 Å². The minimum absolute atomic E-state index is 0.0354. The van der Waals surface area contributed by atoms with Crippen LogP contribution in [0.25, 0.3) is 11.6 Å². The molecule has 2 unspecified atom stereocenters. The van der Waals surface area contributed by atoms with Crippen molar-refractivity contribution < 1.29 is 41.0 Å². The van der Waals surface area contributed by atoms with Crippen molar-refractivity contribution in [3.8, 4) is 23.4 Å². The highest BCUT2D eigenvalue weighted by Gasteiger charge is 2.38. The van der Waals surface area contributed by atoms with Gasteiger partial charge in [-0.2, -0.15) is 18.6 Å². The molecule has 0 bridgehead atoms. The maximum atomic E-state index is 12.8. The number of rotatable bonds is 25. The van der Waals surface area contributed by atoms with Crippen LogP contribution in [0.1, 0.15) is 178 Å². The average molecular weight is 1220 g/mol. The maximum Gasteiger partial charge on any atom is 0.338 e. The number of nitrogens with two attached hydrogens (primary N) is 1. The molecule has 0 aliphatic heterocycles. The van der Waals surface area contributed by atoms with E-state index in [4.69, 9.17) is 42.9 Å². The van der Waals surface area contributed by atoms with E-state index in [1.807, 2.05) is 4.72 Å². The number of ether oxygens (including phenoxy) is 2. The molecule has 83 heavy (non-hydrogen) atoms. The quantitative estimate of drug-likeness (QED) is 0.0355. The molecule has 6 aromatic rings. The number of primary sulfonamides is 1. The second-order valence-corrected chi connectivity index (χ2v) is 29.0. The van der Waals surface area contributed by atoms with Gasteiger partial charge in [-0.1, -0.05) is 90.4 Å². The first kappa shape index (κ1) is 63.1. The molecule has 0 saturated heterocycles. The van der Waals surface area contributed by atoms with E-state index in [1.54, 1.807) is 52.4 Å². The summed E-state index contributed by atoms with van der Waals surface area (Å²) in [6.07, 6.45) is 28.2. The predicted octanol–water partition coefficient (Wildman–Crippen LogP) is 11.5. The summed E-state index contributed by atoms with van der Waals surface area (Å²) in [6, 6.07) is 12.2. The minimum atomic E-state index is -4.19. The van der Waals surface area contributed by atoms with Crippen molar-refractivity contribution in [2.45, 2.75) is 180 Å². The van der Waals surface area contributed by atoms with Crippen LogP contribution in [0.15, 0.2) is 83.4 Å². The van der Waals surface area contributed by atoms with Gasteiger partial charge >= 0.3 is 5.97 Å². The summed E-state index contributed by atoms with van der Waals surface area (Å²) in [5, 5.41) is 30.3. The first-order valence-corrected chi connectivity index (χ1v) is 32.5. The molecule has 0 radical (unpaired) electrons. The van der Waals surface area contributed by atoms with E-state index in [2.05, 4.69) is 71.9 Å². The Morgan fingerprint density at radius 1 is 0.614 bits per heavy atom. The molecular weight excluding hydrogens is 1140 g/mol. The van der Waals surface area contributed by atoms with Gasteiger partial charge in [0, 0.05) is 50.0 Å². The molecule has 4 N–H and O–H groups in total. The number of aromatic nitrogens is 10. The monoisotopic (exact) mass is 1220 g/mol. The molecule has 0 aromatic carbocycles. The third kappa shape index (κ3) is 18.8. The average Bonchev–Trinajstić information content (AvgIpc) is 4.09. The lowest BCUT2D eigenvalue weighted by molar-refractivity contribution is 0.0696. The number of aryl methyl sites for hydroxylation is 2.